The molecule has 0 fully saturated rings. The summed E-state index contributed by atoms with van der Waals surface area (Å²) in [6.45, 7) is 4.56. The molecule has 0 aliphatic carbocycles. The molecule has 0 aromatic heterocycles. The fraction of sp³-hybridized carbons (Fsp3) is 0.417. The summed E-state index contributed by atoms with van der Waals surface area (Å²) in [6.07, 6.45) is 0. The van der Waals surface area contributed by atoms with Crippen molar-refractivity contribution >= 4 is 24.0 Å². The summed E-state index contributed by atoms with van der Waals surface area (Å²) in [6, 6.07) is 5.85. The topological polar surface area (TPSA) is 55.6 Å². The molecule has 0 spiro atoms. The molecule has 0 atom stereocenters. The van der Waals surface area contributed by atoms with Gasteiger partial charge in [-0.1, -0.05) is 6.07 Å². The summed E-state index contributed by atoms with van der Waals surface area (Å²) < 4.78 is 5.38. The minimum absolute atomic E-state index is 0. The highest BCUT2D eigenvalue weighted by molar-refractivity contribution is 5.98. The Balaban J connectivity index is 0.00000144. The highest BCUT2D eigenvalue weighted by atomic mass is 35.5. The predicted molar refractivity (Wildman–Crippen MR) is 69.7 cm³/mol. The monoisotopic (exact) mass is 256 g/mol. The molecule has 0 saturated carbocycles. The van der Waals surface area contributed by atoms with Crippen molar-refractivity contribution in [3.8, 4) is 5.75 Å². The molecule has 1 aliphatic heterocycles. The van der Waals surface area contributed by atoms with E-state index < -0.39 is 0 Å². The first-order valence-corrected chi connectivity index (χ1v) is 5.41. The van der Waals surface area contributed by atoms with E-state index in [1.54, 1.807) is 4.90 Å². The number of anilines is 1. The number of fused-ring (bicyclic) bond motifs is 1. The van der Waals surface area contributed by atoms with Gasteiger partial charge in [-0.2, -0.15) is 0 Å². The molecule has 4 nitrogen and oxygen atoms in total. The quantitative estimate of drug-likeness (QED) is 0.876. The Kier molecular flexibility index (Phi) is 4.37. The number of benzene rings is 1. The lowest BCUT2D eigenvalue weighted by Crippen LogP contribution is -2.43. The van der Waals surface area contributed by atoms with Crippen molar-refractivity contribution in [2.75, 3.05) is 11.5 Å². The lowest BCUT2D eigenvalue weighted by molar-refractivity contribution is -0.121. The Morgan fingerprint density at radius 1 is 1.47 bits per heavy atom. The van der Waals surface area contributed by atoms with Gasteiger partial charge in [0, 0.05) is 12.6 Å². The summed E-state index contributed by atoms with van der Waals surface area (Å²) in [4.78, 5) is 13.5. The molecule has 17 heavy (non-hydrogen) atoms. The molecule has 1 aromatic carbocycles. The average Bonchev–Trinajstić information content (AvgIpc) is 2.27. The molecule has 94 valence electrons. The Bertz CT molecular complexity index is 421. The lowest BCUT2D eigenvalue weighted by atomic mass is 10.1. The van der Waals surface area contributed by atoms with Crippen molar-refractivity contribution in [3.05, 3.63) is 23.8 Å². The van der Waals surface area contributed by atoms with E-state index in [0.29, 0.717) is 6.54 Å². The third-order valence-corrected chi connectivity index (χ3v) is 2.65. The smallest absolute Gasteiger partial charge is 0.265 e. The van der Waals surface area contributed by atoms with Crippen LogP contribution in [0, 0.1) is 0 Å². The molecule has 1 aliphatic rings. The van der Waals surface area contributed by atoms with E-state index >= 15 is 0 Å². The van der Waals surface area contributed by atoms with Crippen molar-refractivity contribution < 1.29 is 9.53 Å². The summed E-state index contributed by atoms with van der Waals surface area (Å²) in [7, 11) is 0. The summed E-state index contributed by atoms with van der Waals surface area (Å²) >= 11 is 0. The second kappa shape index (κ2) is 5.38. The third kappa shape index (κ3) is 2.53. The SMILES string of the molecule is CC(C)N1C(=O)COc2ccc(CN)cc21.Cl. The van der Waals surface area contributed by atoms with Crippen LogP contribution in [0.15, 0.2) is 18.2 Å². The number of nitrogens with two attached hydrogens (primary N) is 1. The minimum atomic E-state index is -0.00308. The van der Waals surface area contributed by atoms with E-state index in [1.165, 1.54) is 0 Å². The molecule has 1 heterocycles. The number of hydrogen-bond donors (Lipinski definition) is 1. The molecule has 1 aromatic rings. The van der Waals surface area contributed by atoms with Gasteiger partial charge in [-0.25, -0.2) is 0 Å². The molecule has 1 amide bonds. The third-order valence-electron chi connectivity index (χ3n) is 2.65. The van der Waals surface area contributed by atoms with Crippen molar-refractivity contribution in [2.45, 2.75) is 26.4 Å². The molecular formula is C12H17ClN2O2. The number of halogens is 1. The van der Waals surface area contributed by atoms with Crippen LogP contribution in [-0.4, -0.2) is 18.6 Å². The molecule has 2 N–H and O–H groups in total. The van der Waals surface area contributed by atoms with Crippen LogP contribution in [-0.2, 0) is 11.3 Å². The Hall–Kier alpha value is -1.26. The fourth-order valence-corrected chi connectivity index (χ4v) is 1.91. The summed E-state index contributed by atoms with van der Waals surface area (Å²) in [5.74, 6) is 0.752. The molecule has 2 rings (SSSR count). The number of ether oxygens (including phenoxy) is 1. The van der Waals surface area contributed by atoms with Gasteiger partial charge < -0.3 is 15.4 Å². The van der Waals surface area contributed by atoms with Crippen LogP contribution in [0.25, 0.3) is 0 Å². The predicted octanol–water partition coefficient (Wildman–Crippen LogP) is 1.70. The zero-order valence-electron chi connectivity index (χ0n) is 9.97. The van der Waals surface area contributed by atoms with E-state index in [2.05, 4.69) is 0 Å². The van der Waals surface area contributed by atoms with Gasteiger partial charge in [-0.05, 0) is 31.5 Å². The molecule has 0 saturated heterocycles. The van der Waals surface area contributed by atoms with Crippen LogP contribution < -0.4 is 15.4 Å². The van der Waals surface area contributed by atoms with Gasteiger partial charge in [-0.3, -0.25) is 4.79 Å². The normalized spacial score (nSPS) is 14.1. The Morgan fingerprint density at radius 3 is 2.76 bits per heavy atom. The van der Waals surface area contributed by atoms with E-state index in [9.17, 15) is 4.79 Å². The number of nitrogens with zero attached hydrogens (tertiary/aromatic N) is 1. The van der Waals surface area contributed by atoms with Crippen LogP contribution in [0.3, 0.4) is 0 Å². The maximum absolute atomic E-state index is 11.8. The van der Waals surface area contributed by atoms with Gasteiger partial charge in [-0.15, -0.1) is 12.4 Å². The van der Waals surface area contributed by atoms with Crippen molar-refractivity contribution in [1.29, 1.82) is 0 Å². The van der Waals surface area contributed by atoms with Crippen LogP contribution in [0.4, 0.5) is 5.69 Å². The van der Waals surface area contributed by atoms with Crippen molar-refractivity contribution in [3.63, 3.8) is 0 Å². The van der Waals surface area contributed by atoms with E-state index in [1.807, 2.05) is 32.0 Å². The van der Waals surface area contributed by atoms with Gasteiger partial charge in [0.1, 0.15) is 5.75 Å². The zero-order chi connectivity index (χ0) is 11.7. The highest BCUT2D eigenvalue weighted by Gasteiger charge is 2.27. The highest BCUT2D eigenvalue weighted by Crippen LogP contribution is 2.34. The maximum atomic E-state index is 11.8. The Morgan fingerprint density at radius 2 is 2.18 bits per heavy atom. The first-order chi connectivity index (χ1) is 7.63. The molecular weight excluding hydrogens is 240 g/mol. The second-order valence-corrected chi connectivity index (χ2v) is 4.15. The maximum Gasteiger partial charge on any atom is 0.265 e. The molecule has 0 bridgehead atoms. The van der Waals surface area contributed by atoms with E-state index in [-0.39, 0.29) is 31.0 Å². The van der Waals surface area contributed by atoms with Gasteiger partial charge in [0.05, 0.1) is 5.69 Å². The molecule has 5 heteroatoms. The summed E-state index contributed by atoms with van der Waals surface area (Å²) in [5.41, 5.74) is 7.43. The molecule has 0 radical (unpaired) electrons. The summed E-state index contributed by atoms with van der Waals surface area (Å²) in [5, 5.41) is 0. The number of amides is 1. The Labute approximate surface area is 107 Å². The minimum Gasteiger partial charge on any atom is -0.482 e. The second-order valence-electron chi connectivity index (χ2n) is 4.15. The van der Waals surface area contributed by atoms with Crippen LogP contribution in [0.2, 0.25) is 0 Å². The number of rotatable bonds is 2. The van der Waals surface area contributed by atoms with Crippen LogP contribution >= 0.6 is 12.4 Å². The average molecular weight is 257 g/mol. The first kappa shape index (κ1) is 13.8. The van der Waals surface area contributed by atoms with E-state index in [0.717, 1.165) is 17.0 Å². The molecule has 0 unspecified atom stereocenters. The van der Waals surface area contributed by atoms with Crippen molar-refractivity contribution in [2.24, 2.45) is 5.73 Å². The van der Waals surface area contributed by atoms with Gasteiger partial charge in [0.15, 0.2) is 6.61 Å². The standard InChI is InChI=1S/C12H16N2O2.ClH/c1-8(2)14-10-5-9(6-13)3-4-11(10)16-7-12(14)15;/h3-5,8H,6-7,13H2,1-2H3;1H. The fourth-order valence-electron chi connectivity index (χ4n) is 1.91. The van der Waals surface area contributed by atoms with Crippen LogP contribution in [0.1, 0.15) is 19.4 Å². The van der Waals surface area contributed by atoms with Crippen molar-refractivity contribution in [1.82, 2.24) is 0 Å². The number of carbonyl (C=O) groups is 1. The zero-order valence-corrected chi connectivity index (χ0v) is 10.8. The first-order valence-electron chi connectivity index (χ1n) is 5.41. The number of hydrogen-bond acceptors (Lipinski definition) is 3. The largest absolute Gasteiger partial charge is 0.482 e. The van der Waals surface area contributed by atoms with E-state index in [4.69, 9.17) is 10.5 Å². The van der Waals surface area contributed by atoms with Gasteiger partial charge >= 0.3 is 0 Å². The number of carbonyl (C=O) groups excluding carboxylic acids is 1. The van der Waals surface area contributed by atoms with Gasteiger partial charge in [0.2, 0.25) is 0 Å². The van der Waals surface area contributed by atoms with Gasteiger partial charge in [0.25, 0.3) is 5.91 Å². The lowest BCUT2D eigenvalue weighted by Gasteiger charge is -2.32. The van der Waals surface area contributed by atoms with Crippen LogP contribution in [0.5, 0.6) is 5.75 Å².